The Bertz CT molecular complexity index is 3270. The lowest BCUT2D eigenvalue weighted by Gasteiger charge is -2.30. The minimum absolute atomic E-state index is 0.200. The summed E-state index contributed by atoms with van der Waals surface area (Å²) in [6.07, 6.45) is 18.1. The summed E-state index contributed by atoms with van der Waals surface area (Å²) < 4.78 is 0.267. The van der Waals surface area contributed by atoms with Crippen LogP contribution in [0.15, 0.2) is 193 Å². The number of amides is 1. The van der Waals surface area contributed by atoms with Crippen molar-refractivity contribution < 1.29 is 14.7 Å². The molecule has 1 saturated heterocycles. The molecule has 5 aromatic carbocycles. The van der Waals surface area contributed by atoms with Gasteiger partial charge in [0.2, 0.25) is 0 Å². The van der Waals surface area contributed by atoms with Gasteiger partial charge in [-0.1, -0.05) is 145 Å². The number of carbonyl (C=O) groups excluding carboxylic acids is 1. The number of fused-ring (bicyclic) bond motifs is 6. The topological polar surface area (TPSA) is 64.1 Å². The highest BCUT2D eigenvalue weighted by atomic mass is 32.2. The molecule has 10 heteroatoms. The number of carboxylic acid groups (broad SMARTS) is 1. The smallest absolute Gasteiger partial charge is 0.323 e. The molecule has 6 nitrogen and oxygen atoms in total. The van der Waals surface area contributed by atoms with Crippen molar-refractivity contribution in [1.82, 2.24) is 4.90 Å². The summed E-state index contributed by atoms with van der Waals surface area (Å²) in [7, 11) is 0. The van der Waals surface area contributed by atoms with Crippen LogP contribution in [0.5, 0.6) is 0 Å². The third-order valence-electron chi connectivity index (χ3n) is 13.0. The van der Waals surface area contributed by atoms with Crippen molar-refractivity contribution in [1.29, 1.82) is 0 Å². The maximum atomic E-state index is 12.8. The van der Waals surface area contributed by atoms with Crippen molar-refractivity contribution in [3.63, 3.8) is 0 Å². The fourth-order valence-electron chi connectivity index (χ4n) is 9.98. The SMILES string of the molecule is O=C(O)CN1C(=O)/C(=C/c2ccc(-c3ccc(-c4ccc(-c5ccc(N6c7ccc(C8=CC9c%10ccccc%10N(c%10ccccc%10)C9C=C8)cc7C7C=CC=CC76)cc5)cc4)s3)s2)SC1=S. The van der Waals surface area contributed by atoms with Crippen molar-refractivity contribution in [2.24, 2.45) is 0 Å². The molecule has 12 rings (SSSR count). The number of thiocarbonyl (C=S) groups is 1. The van der Waals surface area contributed by atoms with Crippen molar-refractivity contribution >= 4 is 97.2 Å². The molecule has 1 N–H and O–H groups in total. The number of carboxylic acids is 1. The van der Waals surface area contributed by atoms with Gasteiger partial charge in [-0.15, -0.1) is 22.7 Å². The van der Waals surface area contributed by atoms with E-state index in [-0.39, 0.29) is 34.1 Å². The number of benzene rings is 5. The van der Waals surface area contributed by atoms with Gasteiger partial charge in [0, 0.05) is 54.1 Å². The lowest BCUT2D eigenvalue weighted by Crippen LogP contribution is -2.33. The molecule has 2 aliphatic carbocycles. The Balaban J connectivity index is 0.758. The second-order valence-electron chi connectivity index (χ2n) is 16.8. The molecule has 0 bridgehead atoms. The van der Waals surface area contributed by atoms with Gasteiger partial charge < -0.3 is 14.9 Å². The molecule has 3 aliphatic heterocycles. The predicted molar refractivity (Wildman–Crippen MR) is 278 cm³/mol. The number of para-hydroxylation sites is 2. The van der Waals surface area contributed by atoms with Crippen molar-refractivity contribution in [3.05, 3.63) is 215 Å². The Labute approximate surface area is 400 Å². The van der Waals surface area contributed by atoms with Crippen molar-refractivity contribution in [2.45, 2.75) is 23.9 Å². The zero-order valence-corrected chi connectivity index (χ0v) is 38.5. The van der Waals surface area contributed by atoms with Gasteiger partial charge in [-0.2, -0.15) is 0 Å². The van der Waals surface area contributed by atoms with Gasteiger partial charge in [0.05, 0.1) is 17.0 Å². The molecular formula is C56H39N3O3S4. The molecule has 7 aromatic rings. The number of allylic oxidation sites excluding steroid dienone is 4. The first-order valence-electron chi connectivity index (χ1n) is 21.8. The Kier molecular flexibility index (Phi) is 10.2. The number of rotatable bonds is 9. The fraction of sp³-hybridized carbons (Fsp3) is 0.0893. The monoisotopic (exact) mass is 929 g/mol. The largest absolute Gasteiger partial charge is 0.480 e. The van der Waals surface area contributed by atoms with Gasteiger partial charge >= 0.3 is 5.97 Å². The van der Waals surface area contributed by atoms with Crippen LogP contribution in [0, 0.1) is 0 Å². The van der Waals surface area contributed by atoms with E-state index in [0.717, 1.165) is 42.4 Å². The highest BCUT2D eigenvalue weighted by Crippen LogP contribution is 2.52. The number of aliphatic carboxylic acids is 1. The van der Waals surface area contributed by atoms with E-state index in [4.69, 9.17) is 17.3 Å². The molecular weight excluding hydrogens is 891 g/mol. The van der Waals surface area contributed by atoms with E-state index in [1.807, 2.05) is 6.07 Å². The molecule has 1 amide bonds. The molecule has 4 unspecified atom stereocenters. The van der Waals surface area contributed by atoms with Crippen LogP contribution < -0.4 is 9.80 Å². The highest BCUT2D eigenvalue weighted by molar-refractivity contribution is 8.26. The van der Waals surface area contributed by atoms with Crippen molar-refractivity contribution in [3.8, 4) is 31.3 Å². The number of anilines is 4. The number of carbonyl (C=O) groups is 2. The quantitative estimate of drug-likeness (QED) is 0.114. The molecule has 66 heavy (non-hydrogen) atoms. The van der Waals surface area contributed by atoms with Gasteiger partial charge in [0.1, 0.15) is 10.9 Å². The Hall–Kier alpha value is -6.82. The maximum absolute atomic E-state index is 12.8. The Morgan fingerprint density at radius 3 is 2.06 bits per heavy atom. The number of hydrogen-bond acceptors (Lipinski definition) is 8. The van der Waals surface area contributed by atoms with Gasteiger partial charge in [-0.3, -0.25) is 14.5 Å². The molecule has 2 aromatic heterocycles. The van der Waals surface area contributed by atoms with Crippen LogP contribution in [0.25, 0.3) is 43.0 Å². The lowest BCUT2D eigenvalue weighted by atomic mass is 9.85. The molecule has 0 saturated carbocycles. The minimum Gasteiger partial charge on any atom is -0.480 e. The van der Waals surface area contributed by atoms with Crippen LogP contribution in [-0.2, 0) is 9.59 Å². The van der Waals surface area contributed by atoms with Crippen LogP contribution in [0.4, 0.5) is 22.7 Å². The Morgan fingerprint density at radius 2 is 1.26 bits per heavy atom. The molecule has 4 atom stereocenters. The first kappa shape index (κ1) is 40.7. The van der Waals surface area contributed by atoms with Gasteiger partial charge in [0.25, 0.3) is 5.91 Å². The standard InChI is InChI=1S/C56H39N3O3S4/c60-54(61)33-57-55(62)53(66-56(57)63)32-41-24-27-51(64-41)52-29-28-50(65-52)36-16-14-34(15-17-36)35-18-22-40(23-19-35)59-47-13-7-5-11-43(47)45-31-38(21-26-49(45)59)37-20-25-48-44(30-37)42-10-4-6-12-46(42)58(48)39-8-2-1-3-9-39/h1-32,43-44,47-48H,33H2,(H,60,61)/b53-32-. The Morgan fingerprint density at radius 1 is 0.621 bits per heavy atom. The normalized spacial score (nSPS) is 20.8. The molecule has 1 fully saturated rings. The van der Waals surface area contributed by atoms with E-state index < -0.39 is 12.5 Å². The van der Waals surface area contributed by atoms with Crippen LogP contribution in [0.2, 0.25) is 0 Å². The number of thioether (sulfide) groups is 1. The van der Waals surface area contributed by atoms with E-state index in [9.17, 15) is 9.59 Å². The fourth-order valence-corrected chi connectivity index (χ4v) is 13.4. The maximum Gasteiger partial charge on any atom is 0.323 e. The van der Waals surface area contributed by atoms with Gasteiger partial charge in [0.15, 0.2) is 0 Å². The summed E-state index contributed by atoms with van der Waals surface area (Å²) in [5.74, 6) is -0.927. The van der Waals surface area contributed by atoms with Crippen LogP contribution in [0.1, 0.15) is 33.4 Å². The second kappa shape index (κ2) is 16.6. The van der Waals surface area contributed by atoms with E-state index in [1.165, 1.54) is 55.5 Å². The number of hydrogen-bond donors (Lipinski definition) is 1. The summed E-state index contributed by atoms with van der Waals surface area (Å²) in [4.78, 5) is 34.9. The third-order valence-corrected chi connectivity index (χ3v) is 16.8. The number of nitrogens with zero attached hydrogens (tertiary/aromatic N) is 3. The third kappa shape index (κ3) is 7.12. The summed E-state index contributed by atoms with van der Waals surface area (Å²) in [5.41, 5.74) is 13.7. The summed E-state index contributed by atoms with van der Waals surface area (Å²) in [5, 5.41) is 9.16. The van der Waals surface area contributed by atoms with E-state index in [2.05, 4.69) is 192 Å². The first-order valence-corrected chi connectivity index (χ1v) is 24.7. The van der Waals surface area contributed by atoms with E-state index in [1.54, 1.807) is 28.7 Å². The summed E-state index contributed by atoms with van der Waals surface area (Å²) >= 11 is 9.72. The first-order chi connectivity index (χ1) is 32.3. The average Bonchev–Trinajstić information content (AvgIpc) is 4.20. The molecule has 320 valence electrons. The summed E-state index contributed by atoms with van der Waals surface area (Å²) in [6.45, 7) is -0.430. The zero-order valence-electron chi connectivity index (χ0n) is 35.2. The van der Waals surface area contributed by atoms with Gasteiger partial charge in [-0.05, 0) is 112 Å². The van der Waals surface area contributed by atoms with Gasteiger partial charge in [-0.25, -0.2) is 0 Å². The minimum atomic E-state index is -1.09. The average molecular weight is 930 g/mol. The molecule has 0 spiro atoms. The molecule has 0 radical (unpaired) electrons. The predicted octanol–water partition coefficient (Wildman–Crippen LogP) is 14.1. The highest BCUT2D eigenvalue weighted by Gasteiger charge is 2.40. The summed E-state index contributed by atoms with van der Waals surface area (Å²) in [6, 6.07) is 53.2. The zero-order chi connectivity index (χ0) is 44.5. The van der Waals surface area contributed by atoms with Crippen LogP contribution >= 0.6 is 46.7 Å². The van der Waals surface area contributed by atoms with E-state index in [0.29, 0.717) is 4.91 Å². The lowest BCUT2D eigenvalue weighted by molar-refractivity contribution is -0.140. The van der Waals surface area contributed by atoms with Crippen LogP contribution in [0.3, 0.4) is 0 Å². The number of thiophene rings is 2. The van der Waals surface area contributed by atoms with E-state index >= 15 is 0 Å². The second-order valence-corrected chi connectivity index (χ2v) is 20.7. The molecule has 5 aliphatic rings. The van der Waals surface area contributed by atoms with Crippen molar-refractivity contribution in [2.75, 3.05) is 16.3 Å². The van der Waals surface area contributed by atoms with Crippen LogP contribution in [-0.4, -0.2) is 44.8 Å². The molecule has 5 heterocycles.